The lowest BCUT2D eigenvalue weighted by Gasteiger charge is -2.06. The van der Waals surface area contributed by atoms with Crippen LogP contribution in [0.25, 0.3) is 0 Å². The molecule has 7 nitrogen and oxygen atoms in total. The van der Waals surface area contributed by atoms with Crippen LogP contribution in [0.4, 0.5) is 23.5 Å². The topological polar surface area (TPSA) is 77.6 Å². The zero-order valence-electron chi connectivity index (χ0n) is 14.1. The minimum absolute atomic E-state index is 0.0631. The molecular weight excluding hydrogens is 404 g/mol. The molecule has 0 radical (unpaired) electrons. The zero-order valence-corrected chi connectivity index (χ0v) is 14.8. The first-order valence-corrected chi connectivity index (χ1v) is 8.27. The van der Waals surface area contributed by atoms with E-state index >= 15 is 0 Å². The SMILES string of the molecule is O=C(Cn1nc(C(F)F)cc1C(F)F)Nc1ncn(Cc2cccc(Cl)c2)n1. The summed E-state index contributed by atoms with van der Waals surface area (Å²) in [4.78, 5) is 15.9. The van der Waals surface area contributed by atoms with Gasteiger partial charge in [0.1, 0.15) is 24.3 Å². The second-order valence-electron chi connectivity index (χ2n) is 5.70. The summed E-state index contributed by atoms with van der Waals surface area (Å²) in [5, 5.41) is 10.3. The van der Waals surface area contributed by atoms with E-state index in [2.05, 4.69) is 20.5 Å². The van der Waals surface area contributed by atoms with Crippen LogP contribution in [-0.2, 0) is 17.9 Å². The van der Waals surface area contributed by atoms with Gasteiger partial charge in [0.15, 0.2) is 0 Å². The highest BCUT2D eigenvalue weighted by atomic mass is 35.5. The fourth-order valence-corrected chi connectivity index (χ4v) is 2.62. The first kappa shape index (κ1) is 19.8. The molecule has 2 aromatic heterocycles. The Balaban J connectivity index is 1.65. The summed E-state index contributed by atoms with van der Waals surface area (Å²) in [6.07, 6.45) is -4.71. The Morgan fingerprint density at radius 2 is 1.93 bits per heavy atom. The van der Waals surface area contributed by atoms with Gasteiger partial charge in [-0.15, -0.1) is 5.10 Å². The lowest BCUT2D eigenvalue weighted by atomic mass is 10.2. The number of nitrogens with zero attached hydrogens (tertiary/aromatic N) is 5. The molecule has 0 unspecified atom stereocenters. The summed E-state index contributed by atoms with van der Waals surface area (Å²) >= 11 is 5.91. The smallest absolute Gasteiger partial charge is 0.282 e. The Morgan fingerprint density at radius 3 is 2.61 bits per heavy atom. The van der Waals surface area contributed by atoms with Crippen LogP contribution in [-0.4, -0.2) is 30.5 Å². The summed E-state index contributed by atoms with van der Waals surface area (Å²) in [6.45, 7) is -0.342. The van der Waals surface area contributed by atoms with Crippen molar-refractivity contribution >= 4 is 23.5 Å². The standard InChI is InChI=1S/C16H13ClF4N6O/c17-10-3-1-2-9(4-10)6-26-8-22-16(25-26)23-13(28)7-27-12(15(20)21)5-11(24-27)14(18)19/h1-5,8,14-15H,6-7H2,(H,23,25,28). The molecule has 1 amide bonds. The van der Waals surface area contributed by atoms with Crippen molar-refractivity contribution in [1.82, 2.24) is 24.5 Å². The van der Waals surface area contributed by atoms with Gasteiger partial charge in [0.05, 0.1) is 6.54 Å². The van der Waals surface area contributed by atoms with Gasteiger partial charge >= 0.3 is 0 Å². The number of anilines is 1. The van der Waals surface area contributed by atoms with Crippen LogP contribution in [0.3, 0.4) is 0 Å². The van der Waals surface area contributed by atoms with Crippen LogP contribution in [0.1, 0.15) is 29.8 Å². The first-order valence-electron chi connectivity index (χ1n) is 7.89. The molecule has 0 saturated carbocycles. The Labute approximate surface area is 160 Å². The zero-order chi connectivity index (χ0) is 20.3. The number of halogens is 5. The van der Waals surface area contributed by atoms with Gasteiger partial charge in [0.2, 0.25) is 11.9 Å². The van der Waals surface area contributed by atoms with E-state index < -0.39 is 36.7 Å². The average Bonchev–Trinajstić information content (AvgIpc) is 3.22. The number of hydrogen-bond donors (Lipinski definition) is 1. The van der Waals surface area contributed by atoms with E-state index in [1.165, 1.54) is 11.0 Å². The van der Waals surface area contributed by atoms with Gasteiger partial charge in [-0.2, -0.15) is 5.10 Å². The van der Waals surface area contributed by atoms with E-state index in [9.17, 15) is 22.4 Å². The highest BCUT2D eigenvalue weighted by molar-refractivity contribution is 6.30. The van der Waals surface area contributed by atoms with Gasteiger partial charge in [-0.1, -0.05) is 23.7 Å². The molecule has 2 heterocycles. The second kappa shape index (κ2) is 8.38. The molecule has 148 valence electrons. The van der Waals surface area contributed by atoms with Crippen LogP contribution < -0.4 is 5.32 Å². The normalized spacial score (nSPS) is 11.4. The van der Waals surface area contributed by atoms with Crippen LogP contribution in [0, 0.1) is 0 Å². The van der Waals surface area contributed by atoms with Gasteiger partial charge in [-0.3, -0.25) is 14.8 Å². The van der Waals surface area contributed by atoms with Crippen molar-refractivity contribution in [3.8, 4) is 0 Å². The Hall–Kier alpha value is -2.95. The van der Waals surface area contributed by atoms with E-state index in [0.29, 0.717) is 22.3 Å². The van der Waals surface area contributed by atoms with Gasteiger partial charge in [-0.05, 0) is 23.8 Å². The predicted molar refractivity (Wildman–Crippen MR) is 91.3 cm³/mol. The minimum Gasteiger partial charge on any atom is -0.292 e. The van der Waals surface area contributed by atoms with Crippen molar-refractivity contribution in [1.29, 1.82) is 0 Å². The summed E-state index contributed by atoms with van der Waals surface area (Å²) in [5.74, 6) is -0.849. The lowest BCUT2D eigenvalue weighted by Crippen LogP contribution is -2.22. The van der Waals surface area contributed by atoms with E-state index in [1.807, 2.05) is 6.07 Å². The summed E-state index contributed by atoms with van der Waals surface area (Å²) in [7, 11) is 0. The van der Waals surface area contributed by atoms with Gasteiger partial charge in [-0.25, -0.2) is 27.2 Å². The van der Waals surface area contributed by atoms with E-state index in [-0.39, 0.29) is 5.95 Å². The van der Waals surface area contributed by atoms with Crippen molar-refractivity contribution < 1.29 is 22.4 Å². The number of aromatic nitrogens is 5. The maximum atomic E-state index is 12.9. The number of amides is 1. The van der Waals surface area contributed by atoms with Crippen molar-refractivity contribution in [2.45, 2.75) is 25.9 Å². The fraction of sp³-hybridized carbons (Fsp3) is 0.250. The molecule has 0 atom stereocenters. The highest BCUT2D eigenvalue weighted by Crippen LogP contribution is 2.25. The molecule has 12 heteroatoms. The third-order valence-electron chi connectivity index (χ3n) is 3.59. The maximum absolute atomic E-state index is 12.9. The monoisotopic (exact) mass is 416 g/mol. The largest absolute Gasteiger partial charge is 0.292 e. The van der Waals surface area contributed by atoms with Crippen LogP contribution in [0.2, 0.25) is 5.02 Å². The van der Waals surface area contributed by atoms with Gasteiger partial charge in [0.25, 0.3) is 12.9 Å². The molecule has 28 heavy (non-hydrogen) atoms. The summed E-state index contributed by atoms with van der Waals surface area (Å²) in [6, 6.07) is 7.64. The fourth-order valence-electron chi connectivity index (χ4n) is 2.41. The van der Waals surface area contributed by atoms with E-state index in [4.69, 9.17) is 11.6 Å². The number of alkyl halides is 4. The molecule has 0 aliphatic heterocycles. The number of nitrogens with one attached hydrogen (secondary N) is 1. The number of hydrogen-bond acceptors (Lipinski definition) is 4. The molecule has 0 aliphatic carbocycles. The molecule has 0 bridgehead atoms. The maximum Gasteiger partial charge on any atom is 0.282 e. The van der Waals surface area contributed by atoms with Crippen molar-refractivity contribution in [3.63, 3.8) is 0 Å². The Morgan fingerprint density at radius 1 is 1.14 bits per heavy atom. The molecule has 0 aliphatic rings. The number of carbonyl (C=O) groups is 1. The highest BCUT2D eigenvalue weighted by Gasteiger charge is 2.22. The average molecular weight is 417 g/mol. The van der Waals surface area contributed by atoms with Crippen molar-refractivity contribution in [2.24, 2.45) is 0 Å². The second-order valence-corrected chi connectivity index (χ2v) is 6.13. The molecule has 1 aromatic carbocycles. The molecule has 0 spiro atoms. The molecule has 0 saturated heterocycles. The summed E-state index contributed by atoms with van der Waals surface area (Å²) in [5.41, 5.74) is -0.746. The quantitative estimate of drug-likeness (QED) is 0.596. The lowest BCUT2D eigenvalue weighted by molar-refractivity contribution is -0.117. The van der Waals surface area contributed by atoms with Crippen molar-refractivity contribution in [2.75, 3.05) is 5.32 Å². The summed E-state index contributed by atoms with van der Waals surface area (Å²) < 4.78 is 53.2. The molecule has 1 N–H and O–H groups in total. The van der Waals surface area contributed by atoms with Gasteiger partial charge < -0.3 is 0 Å². The third kappa shape index (κ3) is 4.85. The molecule has 3 aromatic rings. The first-order chi connectivity index (χ1) is 13.3. The van der Waals surface area contributed by atoms with Crippen LogP contribution >= 0.6 is 11.6 Å². The number of rotatable bonds is 7. The Bertz CT molecular complexity index is 974. The van der Waals surface area contributed by atoms with Gasteiger partial charge in [0, 0.05) is 5.02 Å². The molecule has 0 fully saturated rings. The van der Waals surface area contributed by atoms with Crippen LogP contribution in [0.15, 0.2) is 36.7 Å². The third-order valence-corrected chi connectivity index (χ3v) is 3.83. The molecule has 3 rings (SSSR count). The number of carbonyl (C=O) groups excluding carboxylic acids is 1. The minimum atomic E-state index is -3.05. The van der Waals surface area contributed by atoms with Crippen LogP contribution in [0.5, 0.6) is 0 Å². The molecular formula is C16H13ClF4N6O. The number of benzene rings is 1. The van der Waals surface area contributed by atoms with E-state index in [1.54, 1.807) is 18.2 Å². The van der Waals surface area contributed by atoms with Crippen molar-refractivity contribution in [3.05, 3.63) is 58.6 Å². The predicted octanol–water partition coefficient (Wildman–Crippen LogP) is 3.69. The Kier molecular flexibility index (Phi) is 5.93. The van der Waals surface area contributed by atoms with E-state index in [0.717, 1.165) is 5.56 Å².